The first-order valence-electron chi connectivity index (χ1n) is 7.15. The Morgan fingerprint density at radius 2 is 1.88 bits per heavy atom. The van der Waals surface area contributed by atoms with Crippen molar-refractivity contribution in [1.82, 2.24) is 0 Å². The normalized spacial score (nSPS) is 10.4. The number of oxime groups is 1. The van der Waals surface area contributed by atoms with Crippen LogP contribution in [0.5, 0.6) is 11.5 Å². The molecule has 0 unspecified atom stereocenters. The first-order valence-corrected chi connectivity index (χ1v) is 7.15. The van der Waals surface area contributed by atoms with Gasteiger partial charge in [0.15, 0.2) is 18.1 Å². The predicted molar refractivity (Wildman–Crippen MR) is 89.9 cm³/mol. The third-order valence-electron chi connectivity index (χ3n) is 3.17. The summed E-state index contributed by atoms with van der Waals surface area (Å²) in [6, 6.07) is 10.6. The van der Waals surface area contributed by atoms with Crippen LogP contribution in [0.4, 0.5) is 5.69 Å². The number of carbonyl (C=O) groups is 2. The number of methoxy groups -OCH3 is 1. The fraction of sp³-hybridized carbons (Fsp3) is 0.118. The van der Waals surface area contributed by atoms with Crippen molar-refractivity contribution in [3.05, 3.63) is 53.6 Å². The van der Waals surface area contributed by atoms with E-state index in [1.165, 1.54) is 37.6 Å². The molecule has 2 aromatic carbocycles. The van der Waals surface area contributed by atoms with Crippen molar-refractivity contribution in [2.45, 2.75) is 0 Å². The van der Waals surface area contributed by atoms with Gasteiger partial charge in [-0.3, -0.25) is 4.79 Å². The van der Waals surface area contributed by atoms with Crippen molar-refractivity contribution < 1.29 is 29.4 Å². The summed E-state index contributed by atoms with van der Waals surface area (Å²) in [5.41, 5.74) is 1.19. The van der Waals surface area contributed by atoms with Gasteiger partial charge in [-0.1, -0.05) is 5.16 Å². The highest BCUT2D eigenvalue weighted by Crippen LogP contribution is 2.27. The number of carboxylic acids is 1. The van der Waals surface area contributed by atoms with E-state index in [1.54, 1.807) is 18.2 Å². The second-order valence-electron chi connectivity index (χ2n) is 4.87. The Balaban J connectivity index is 1.96. The number of nitrogens with zero attached hydrogens (tertiary/aromatic N) is 1. The van der Waals surface area contributed by atoms with Crippen LogP contribution in [-0.4, -0.2) is 42.1 Å². The third kappa shape index (κ3) is 4.96. The highest BCUT2D eigenvalue weighted by Gasteiger charge is 2.09. The Kier molecular flexibility index (Phi) is 5.94. The first-order chi connectivity index (χ1) is 12.0. The van der Waals surface area contributed by atoms with Gasteiger partial charge in [0.2, 0.25) is 0 Å². The van der Waals surface area contributed by atoms with E-state index in [0.717, 1.165) is 0 Å². The fourth-order valence-corrected chi connectivity index (χ4v) is 1.99. The summed E-state index contributed by atoms with van der Waals surface area (Å²) in [6.07, 6.45) is 1.24. The largest absolute Gasteiger partial charge is 0.493 e. The maximum atomic E-state index is 11.9. The van der Waals surface area contributed by atoms with Crippen molar-refractivity contribution in [2.75, 3.05) is 19.0 Å². The number of anilines is 1. The third-order valence-corrected chi connectivity index (χ3v) is 3.17. The standard InChI is InChI=1S/C17H16N2O6/c1-24-15-8-11(9-18-23)2-7-14(15)25-10-16(20)19-13-5-3-12(4-6-13)17(21)22/h2-9,23H,10H2,1H3,(H,19,20)(H,21,22)/b18-9+. The average Bonchev–Trinajstić information content (AvgIpc) is 2.61. The lowest BCUT2D eigenvalue weighted by molar-refractivity contribution is -0.118. The van der Waals surface area contributed by atoms with E-state index in [-0.39, 0.29) is 12.2 Å². The molecule has 2 rings (SSSR count). The van der Waals surface area contributed by atoms with Gasteiger partial charge in [0.05, 0.1) is 18.9 Å². The zero-order valence-corrected chi connectivity index (χ0v) is 13.3. The molecule has 3 N–H and O–H groups in total. The molecule has 0 spiro atoms. The summed E-state index contributed by atoms with van der Waals surface area (Å²) in [6.45, 7) is -0.259. The number of ether oxygens (including phenoxy) is 2. The quantitative estimate of drug-likeness (QED) is 0.403. The average molecular weight is 344 g/mol. The Morgan fingerprint density at radius 3 is 2.48 bits per heavy atom. The first kappa shape index (κ1) is 17.8. The Bertz CT molecular complexity index is 786. The summed E-state index contributed by atoms with van der Waals surface area (Å²) in [4.78, 5) is 22.7. The summed E-state index contributed by atoms with van der Waals surface area (Å²) in [5.74, 6) is -0.709. The minimum Gasteiger partial charge on any atom is -0.493 e. The number of aromatic carboxylic acids is 1. The van der Waals surface area contributed by atoms with Crippen molar-refractivity contribution in [3.63, 3.8) is 0 Å². The van der Waals surface area contributed by atoms with Gasteiger partial charge < -0.3 is 25.1 Å². The molecule has 130 valence electrons. The Labute approximate surface area is 143 Å². The second kappa shape index (κ2) is 8.34. The van der Waals surface area contributed by atoms with Crippen molar-refractivity contribution in [3.8, 4) is 11.5 Å². The molecule has 0 aliphatic carbocycles. The molecule has 0 heterocycles. The van der Waals surface area contributed by atoms with Gasteiger partial charge in [-0.2, -0.15) is 0 Å². The van der Waals surface area contributed by atoms with Crippen molar-refractivity contribution in [2.24, 2.45) is 5.16 Å². The number of nitrogens with one attached hydrogen (secondary N) is 1. The molecule has 0 bridgehead atoms. The molecule has 2 aromatic rings. The van der Waals surface area contributed by atoms with Crippen molar-refractivity contribution in [1.29, 1.82) is 0 Å². The summed E-state index contributed by atoms with van der Waals surface area (Å²) < 4.78 is 10.6. The van der Waals surface area contributed by atoms with Gasteiger partial charge in [-0.15, -0.1) is 0 Å². The van der Waals surface area contributed by atoms with Crippen LogP contribution in [0.3, 0.4) is 0 Å². The number of carboxylic acid groups (broad SMARTS) is 1. The molecule has 25 heavy (non-hydrogen) atoms. The fourth-order valence-electron chi connectivity index (χ4n) is 1.99. The van der Waals surface area contributed by atoms with Gasteiger partial charge in [0.25, 0.3) is 5.91 Å². The van der Waals surface area contributed by atoms with Crippen LogP contribution >= 0.6 is 0 Å². The molecule has 8 heteroatoms. The molecule has 1 amide bonds. The van der Waals surface area contributed by atoms with E-state index in [1.807, 2.05) is 0 Å². The van der Waals surface area contributed by atoms with E-state index in [2.05, 4.69) is 10.5 Å². The van der Waals surface area contributed by atoms with Crippen LogP contribution in [0.2, 0.25) is 0 Å². The van der Waals surface area contributed by atoms with Crippen LogP contribution < -0.4 is 14.8 Å². The van der Waals surface area contributed by atoms with Crippen LogP contribution in [0.25, 0.3) is 0 Å². The second-order valence-corrected chi connectivity index (χ2v) is 4.87. The minimum absolute atomic E-state index is 0.130. The van der Waals surface area contributed by atoms with Gasteiger partial charge in [0.1, 0.15) is 0 Å². The smallest absolute Gasteiger partial charge is 0.335 e. The lowest BCUT2D eigenvalue weighted by Gasteiger charge is -2.11. The van der Waals surface area contributed by atoms with E-state index in [4.69, 9.17) is 19.8 Å². The molecule has 0 fully saturated rings. The number of rotatable bonds is 7. The predicted octanol–water partition coefficient (Wildman–Crippen LogP) is 2.22. The van der Waals surface area contributed by atoms with Crippen LogP contribution in [0.1, 0.15) is 15.9 Å². The molecule has 0 aliphatic heterocycles. The monoisotopic (exact) mass is 344 g/mol. The van der Waals surface area contributed by atoms with Crippen molar-refractivity contribution >= 4 is 23.8 Å². The van der Waals surface area contributed by atoms with E-state index in [0.29, 0.717) is 22.7 Å². The number of benzene rings is 2. The number of hydrogen-bond acceptors (Lipinski definition) is 6. The van der Waals surface area contributed by atoms with Crippen LogP contribution in [0.15, 0.2) is 47.6 Å². The lowest BCUT2D eigenvalue weighted by Crippen LogP contribution is -2.20. The number of hydrogen-bond donors (Lipinski definition) is 3. The molecule has 0 saturated heterocycles. The SMILES string of the molecule is COc1cc(/C=N/O)ccc1OCC(=O)Nc1ccc(C(=O)O)cc1. The van der Waals surface area contributed by atoms with Crippen LogP contribution in [0, 0.1) is 0 Å². The molecule has 8 nitrogen and oxygen atoms in total. The maximum Gasteiger partial charge on any atom is 0.335 e. The molecule has 0 saturated carbocycles. The molecule has 0 aliphatic rings. The highest BCUT2D eigenvalue weighted by atomic mass is 16.5. The molecular formula is C17H16N2O6. The Morgan fingerprint density at radius 1 is 1.16 bits per heavy atom. The number of amides is 1. The van der Waals surface area contributed by atoms with E-state index >= 15 is 0 Å². The maximum absolute atomic E-state index is 11.9. The van der Waals surface area contributed by atoms with Gasteiger partial charge >= 0.3 is 5.97 Å². The molecule has 0 aromatic heterocycles. The van der Waals surface area contributed by atoms with Crippen LogP contribution in [-0.2, 0) is 4.79 Å². The van der Waals surface area contributed by atoms with E-state index < -0.39 is 11.9 Å². The van der Waals surface area contributed by atoms with E-state index in [9.17, 15) is 9.59 Å². The highest BCUT2D eigenvalue weighted by molar-refractivity contribution is 5.93. The summed E-state index contributed by atoms with van der Waals surface area (Å²) >= 11 is 0. The molecular weight excluding hydrogens is 328 g/mol. The van der Waals surface area contributed by atoms with Gasteiger partial charge in [0, 0.05) is 11.3 Å². The zero-order chi connectivity index (χ0) is 18.2. The summed E-state index contributed by atoms with van der Waals surface area (Å²) in [5, 5.41) is 22.9. The Hall–Kier alpha value is -3.55. The zero-order valence-electron chi connectivity index (χ0n) is 13.3. The number of carbonyl (C=O) groups excluding carboxylic acids is 1. The molecule has 0 atom stereocenters. The van der Waals surface area contributed by atoms with Gasteiger partial charge in [-0.05, 0) is 42.5 Å². The molecule has 0 radical (unpaired) electrons. The van der Waals surface area contributed by atoms with Gasteiger partial charge in [-0.25, -0.2) is 4.79 Å². The topological polar surface area (TPSA) is 117 Å². The lowest BCUT2D eigenvalue weighted by atomic mass is 10.2. The minimum atomic E-state index is -1.04. The summed E-state index contributed by atoms with van der Waals surface area (Å²) in [7, 11) is 1.45.